The zero-order valence-corrected chi connectivity index (χ0v) is 18.0. The molecule has 0 radical (unpaired) electrons. The first-order valence-electron chi connectivity index (χ1n) is 10.6. The van der Waals surface area contributed by atoms with Crippen LogP contribution in [0.4, 0.5) is 5.69 Å². The molecule has 0 amide bonds. The Balaban J connectivity index is 1.69. The molecule has 1 aromatic heterocycles. The minimum Gasteiger partial charge on any atom is -0.341 e. The smallest absolute Gasteiger partial charge is 0.0731 e. The topological polar surface area (TPSA) is 16.1 Å². The Kier molecular flexibility index (Phi) is 5.27. The van der Waals surface area contributed by atoms with Crippen molar-refractivity contribution in [2.24, 2.45) is 0 Å². The summed E-state index contributed by atoms with van der Waals surface area (Å²) in [7, 11) is 0. The molecule has 0 atom stereocenters. The molecule has 1 aliphatic rings. The average molecular weight is 383 g/mol. The molecule has 0 fully saturated rings. The summed E-state index contributed by atoms with van der Waals surface area (Å²) in [5.74, 6) is 0. The normalized spacial score (nSPS) is 13.3. The number of anilines is 1. The van der Waals surface area contributed by atoms with Crippen LogP contribution in [0.3, 0.4) is 0 Å². The summed E-state index contributed by atoms with van der Waals surface area (Å²) in [5.41, 5.74) is 12.4. The summed E-state index contributed by atoms with van der Waals surface area (Å²) in [4.78, 5) is 7.15. The van der Waals surface area contributed by atoms with Crippen molar-refractivity contribution in [1.82, 2.24) is 4.98 Å². The molecule has 0 unspecified atom stereocenters. The third kappa shape index (κ3) is 3.72. The fraction of sp³-hybridized carbons (Fsp3) is 0.296. The van der Waals surface area contributed by atoms with Gasteiger partial charge in [-0.15, -0.1) is 0 Å². The van der Waals surface area contributed by atoms with E-state index in [0.717, 1.165) is 37.2 Å². The molecule has 0 aliphatic carbocycles. The van der Waals surface area contributed by atoms with Gasteiger partial charge in [0.2, 0.25) is 0 Å². The lowest BCUT2D eigenvalue weighted by Crippen LogP contribution is -2.27. The number of hydrogen-bond acceptors (Lipinski definition) is 2. The van der Waals surface area contributed by atoms with Crippen LogP contribution >= 0.6 is 0 Å². The van der Waals surface area contributed by atoms with E-state index in [1.54, 1.807) is 0 Å². The van der Waals surface area contributed by atoms with Crippen LogP contribution in [0.25, 0.3) is 17.0 Å². The molecule has 1 aliphatic heterocycles. The standard InChI is InChI=1S/C27H30N2/c1-6-22-15-20(4)27(28-17-22)24-10-12-26-23(16-24)8-7-13-29(26)21(5)25-11-9-18(2)14-19(25)3/h9-12,14-17H,5-8,13H2,1-4H3. The molecule has 0 spiro atoms. The zero-order valence-electron chi connectivity index (χ0n) is 18.0. The van der Waals surface area contributed by atoms with Gasteiger partial charge < -0.3 is 4.90 Å². The molecular formula is C27H30N2. The van der Waals surface area contributed by atoms with E-state index in [1.165, 1.54) is 44.6 Å². The van der Waals surface area contributed by atoms with Gasteiger partial charge in [-0.3, -0.25) is 4.98 Å². The monoisotopic (exact) mass is 382 g/mol. The van der Waals surface area contributed by atoms with Gasteiger partial charge in [0, 0.05) is 35.3 Å². The van der Waals surface area contributed by atoms with Crippen molar-refractivity contribution >= 4 is 11.4 Å². The van der Waals surface area contributed by atoms with Crippen molar-refractivity contribution in [1.29, 1.82) is 0 Å². The fourth-order valence-corrected chi connectivity index (χ4v) is 4.44. The van der Waals surface area contributed by atoms with Gasteiger partial charge in [0.05, 0.1) is 5.69 Å². The second-order valence-electron chi connectivity index (χ2n) is 8.23. The third-order valence-electron chi connectivity index (χ3n) is 6.03. The Hall–Kier alpha value is -2.87. The lowest BCUT2D eigenvalue weighted by atomic mass is 9.94. The molecule has 0 saturated heterocycles. The largest absolute Gasteiger partial charge is 0.341 e. The van der Waals surface area contributed by atoms with Crippen LogP contribution in [0.2, 0.25) is 0 Å². The number of fused-ring (bicyclic) bond motifs is 1. The molecular weight excluding hydrogens is 352 g/mol. The van der Waals surface area contributed by atoms with Crippen molar-refractivity contribution in [3.8, 4) is 11.3 Å². The van der Waals surface area contributed by atoms with Gasteiger partial charge in [0.15, 0.2) is 0 Å². The van der Waals surface area contributed by atoms with E-state index in [0.29, 0.717) is 0 Å². The van der Waals surface area contributed by atoms with Crippen molar-refractivity contribution in [3.63, 3.8) is 0 Å². The van der Waals surface area contributed by atoms with E-state index < -0.39 is 0 Å². The van der Waals surface area contributed by atoms with Crippen LogP contribution in [0.1, 0.15) is 46.7 Å². The molecule has 2 aromatic carbocycles. The van der Waals surface area contributed by atoms with E-state index in [4.69, 9.17) is 4.98 Å². The molecule has 29 heavy (non-hydrogen) atoms. The van der Waals surface area contributed by atoms with Gasteiger partial charge in [-0.25, -0.2) is 0 Å². The van der Waals surface area contributed by atoms with Crippen molar-refractivity contribution in [2.75, 3.05) is 11.4 Å². The van der Waals surface area contributed by atoms with Crippen LogP contribution < -0.4 is 4.90 Å². The van der Waals surface area contributed by atoms with Crippen molar-refractivity contribution in [3.05, 3.63) is 88.6 Å². The highest BCUT2D eigenvalue weighted by Gasteiger charge is 2.21. The number of hydrogen-bond donors (Lipinski definition) is 0. The maximum absolute atomic E-state index is 4.76. The van der Waals surface area contributed by atoms with Gasteiger partial charge in [0.1, 0.15) is 0 Å². The van der Waals surface area contributed by atoms with Gasteiger partial charge in [0.25, 0.3) is 0 Å². The minimum absolute atomic E-state index is 1.01. The van der Waals surface area contributed by atoms with E-state index in [-0.39, 0.29) is 0 Å². The van der Waals surface area contributed by atoms with Crippen molar-refractivity contribution in [2.45, 2.75) is 47.0 Å². The highest BCUT2D eigenvalue weighted by Crippen LogP contribution is 2.36. The average Bonchev–Trinajstić information content (AvgIpc) is 2.72. The summed E-state index contributed by atoms with van der Waals surface area (Å²) in [6.07, 6.45) is 5.28. The SMILES string of the molecule is C=C(c1ccc(C)cc1C)N1CCCc2cc(-c3ncc(CC)cc3C)ccc21. The Morgan fingerprint density at radius 2 is 1.86 bits per heavy atom. The highest BCUT2D eigenvalue weighted by atomic mass is 15.1. The maximum atomic E-state index is 4.76. The first-order valence-corrected chi connectivity index (χ1v) is 10.6. The lowest BCUT2D eigenvalue weighted by molar-refractivity contribution is 0.770. The number of pyridine rings is 1. The number of rotatable bonds is 4. The second-order valence-corrected chi connectivity index (χ2v) is 8.23. The van der Waals surface area contributed by atoms with Gasteiger partial charge in [-0.2, -0.15) is 0 Å². The Labute approximate surface area is 174 Å². The first kappa shape index (κ1) is 19.4. The zero-order chi connectivity index (χ0) is 20.5. The summed E-state index contributed by atoms with van der Waals surface area (Å²) >= 11 is 0. The van der Waals surface area contributed by atoms with Crippen molar-refractivity contribution < 1.29 is 0 Å². The maximum Gasteiger partial charge on any atom is 0.0731 e. The highest BCUT2D eigenvalue weighted by molar-refractivity contribution is 5.82. The molecule has 0 N–H and O–H groups in total. The van der Waals surface area contributed by atoms with Crippen LogP contribution in [0.15, 0.2) is 55.2 Å². The molecule has 2 heteroatoms. The van der Waals surface area contributed by atoms with Gasteiger partial charge >= 0.3 is 0 Å². The number of nitrogens with zero attached hydrogens (tertiary/aromatic N) is 2. The molecule has 0 saturated carbocycles. The quantitative estimate of drug-likeness (QED) is 0.501. The van der Waals surface area contributed by atoms with E-state index >= 15 is 0 Å². The van der Waals surface area contributed by atoms with Crippen LogP contribution in [0.5, 0.6) is 0 Å². The summed E-state index contributed by atoms with van der Waals surface area (Å²) < 4.78 is 0. The minimum atomic E-state index is 1.01. The lowest BCUT2D eigenvalue weighted by Gasteiger charge is -2.34. The Morgan fingerprint density at radius 1 is 1.03 bits per heavy atom. The first-order chi connectivity index (χ1) is 14.0. The predicted octanol–water partition coefficient (Wildman–Crippen LogP) is 6.66. The summed E-state index contributed by atoms with van der Waals surface area (Å²) in [5, 5.41) is 0. The molecule has 3 aromatic rings. The molecule has 2 nitrogen and oxygen atoms in total. The number of benzene rings is 2. The third-order valence-corrected chi connectivity index (χ3v) is 6.03. The molecule has 4 rings (SSSR count). The van der Waals surface area contributed by atoms with Gasteiger partial charge in [-0.1, -0.05) is 49.4 Å². The Bertz CT molecular complexity index is 1080. The Morgan fingerprint density at radius 3 is 2.59 bits per heavy atom. The number of aryl methyl sites for hydroxylation is 5. The van der Waals surface area contributed by atoms with E-state index in [1.807, 2.05) is 6.20 Å². The molecule has 148 valence electrons. The van der Waals surface area contributed by atoms with Crippen LogP contribution in [-0.4, -0.2) is 11.5 Å². The summed E-state index contributed by atoms with van der Waals surface area (Å²) in [6.45, 7) is 14.1. The number of aromatic nitrogens is 1. The van der Waals surface area contributed by atoms with Crippen LogP contribution in [0, 0.1) is 20.8 Å². The fourth-order valence-electron chi connectivity index (χ4n) is 4.44. The summed E-state index contributed by atoms with van der Waals surface area (Å²) in [6, 6.07) is 15.7. The predicted molar refractivity (Wildman–Crippen MR) is 124 cm³/mol. The molecule has 0 bridgehead atoms. The van der Waals surface area contributed by atoms with E-state index in [2.05, 4.69) is 81.6 Å². The van der Waals surface area contributed by atoms with Crippen LogP contribution in [-0.2, 0) is 12.8 Å². The van der Waals surface area contributed by atoms with E-state index in [9.17, 15) is 0 Å². The second kappa shape index (κ2) is 7.87. The van der Waals surface area contributed by atoms with Gasteiger partial charge in [-0.05, 0) is 74.4 Å². The molecule has 2 heterocycles.